The summed E-state index contributed by atoms with van der Waals surface area (Å²) in [5, 5.41) is 6.22. The predicted molar refractivity (Wildman–Crippen MR) is 105 cm³/mol. The van der Waals surface area contributed by atoms with E-state index in [9.17, 15) is 0 Å². The smallest absolute Gasteiger partial charge is 0.0403 e. The van der Waals surface area contributed by atoms with E-state index >= 15 is 0 Å². The van der Waals surface area contributed by atoms with E-state index in [1.807, 2.05) is 0 Å². The molecule has 1 aliphatic heterocycles. The molecule has 0 saturated carbocycles. The molecule has 0 amide bonds. The highest BCUT2D eigenvalue weighted by Crippen LogP contribution is 2.40. The van der Waals surface area contributed by atoms with Crippen molar-refractivity contribution >= 4 is 35.6 Å². The highest BCUT2D eigenvalue weighted by Gasteiger charge is 2.33. The van der Waals surface area contributed by atoms with Gasteiger partial charge < -0.3 is 5.32 Å². The average Bonchev–Trinajstić information content (AvgIpc) is 2.47. The maximum absolute atomic E-state index is 3.47. The largest absolute Gasteiger partial charge is 0.314 e. The predicted octanol–water partition coefficient (Wildman–Crippen LogP) is 4.68. The van der Waals surface area contributed by atoms with E-state index in [2.05, 4.69) is 73.5 Å². The molecule has 2 nitrogen and oxygen atoms in total. The number of rotatable bonds is 2. The summed E-state index contributed by atoms with van der Waals surface area (Å²) >= 11 is 0. The SMILES string of the molecule is CC(C)(C)[C@@H](c1cccc2ccccc12)N1CCNCC1.Cl.Cl. The molecule has 0 aliphatic carbocycles. The summed E-state index contributed by atoms with van der Waals surface area (Å²) in [4.78, 5) is 2.65. The van der Waals surface area contributed by atoms with E-state index in [4.69, 9.17) is 0 Å². The summed E-state index contributed by atoms with van der Waals surface area (Å²) in [6.07, 6.45) is 0. The first-order valence-electron chi connectivity index (χ1n) is 8.00. The third-order valence-electron chi connectivity index (χ3n) is 4.45. The Hall–Kier alpha value is -0.800. The Balaban J connectivity index is 0.00000132. The number of nitrogens with one attached hydrogen (secondary N) is 1. The van der Waals surface area contributed by atoms with Crippen molar-refractivity contribution in [2.24, 2.45) is 5.41 Å². The van der Waals surface area contributed by atoms with Gasteiger partial charge in [-0.1, -0.05) is 63.2 Å². The van der Waals surface area contributed by atoms with E-state index < -0.39 is 0 Å². The van der Waals surface area contributed by atoms with Crippen LogP contribution in [0.4, 0.5) is 0 Å². The lowest BCUT2D eigenvalue weighted by Crippen LogP contribution is -2.48. The van der Waals surface area contributed by atoms with Crippen molar-refractivity contribution < 1.29 is 0 Å². The first kappa shape index (κ1) is 20.2. The van der Waals surface area contributed by atoms with Crippen LogP contribution >= 0.6 is 24.8 Å². The Morgan fingerprint density at radius 3 is 2.17 bits per heavy atom. The zero-order chi connectivity index (χ0) is 14.9. The molecule has 128 valence electrons. The molecule has 23 heavy (non-hydrogen) atoms. The van der Waals surface area contributed by atoms with E-state index in [1.54, 1.807) is 0 Å². The van der Waals surface area contributed by atoms with Crippen LogP contribution in [0.3, 0.4) is 0 Å². The van der Waals surface area contributed by atoms with Crippen LogP contribution in [0, 0.1) is 5.41 Å². The van der Waals surface area contributed by atoms with Crippen molar-refractivity contribution in [3.05, 3.63) is 48.0 Å². The fourth-order valence-corrected chi connectivity index (χ4v) is 3.64. The molecule has 3 rings (SSSR count). The van der Waals surface area contributed by atoms with Crippen LogP contribution in [0.15, 0.2) is 42.5 Å². The molecule has 0 radical (unpaired) electrons. The second-order valence-corrected chi connectivity index (χ2v) is 7.12. The quantitative estimate of drug-likeness (QED) is 0.842. The minimum Gasteiger partial charge on any atom is -0.314 e. The van der Waals surface area contributed by atoms with Crippen molar-refractivity contribution in [3.8, 4) is 0 Å². The minimum absolute atomic E-state index is 0. The van der Waals surface area contributed by atoms with Gasteiger partial charge in [0.25, 0.3) is 0 Å². The summed E-state index contributed by atoms with van der Waals surface area (Å²) < 4.78 is 0. The van der Waals surface area contributed by atoms with Gasteiger partial charge in [-0.25, -0.2) is 0 Å². The molecule has 1 atom stereocenters. The molecule has 2 aromatic rings. The van der Waals surface area contributed by atoms with Gasteiger partial charge in [0.05, 0.1) is 0 Å². The molecule has 1 heterocycles. The number of benzene rings is 2. The number of hydrogen-bond acceptors (Lipinski definition) is 2. The van der Waals surface area contributed by atoms with Gasteiger partial charge in [0.1, 0.15) is 0 Å². The van der Waals surface area contributed by atoms with E-state index in [0.717, 1.165) is 26.2 Å². The topological polar surface area (TPSA) is 15.3 Å². The Morgan fingerprint density at radius 2 is 1.52 bits per heavy atom. The second-order valence-electron chi connectivity index (χ2n) is 7.12. The van der Waals surface area contributed by atoms with Gasteiger partial charge in [-0.15, -0.1) is 24.8 Å². The zero-order valence-electron chi connectivity index (χ0n) is 14.2. The van der Waals surface area contributed by atoms with Gasteiger partial charge in [0.15, 0.2) is 0 Å². The highest BCUT2D eigenvalue weighted by atomic mass is 35.5. The molecule has 2 aromatic carbocycles. The van der Waals surface area contributed by atoms with Gasteiger partial charge in [0.2, 0.25) is 0 Å². The molecule has 0 spiro atoms. The van der Waals surface area contributed by atoms with E-state index in [1.165, 1.54) is 16.3 Å². The Morgan fingerprint density at radius 1 is 0.913 bits per heavy atom. The van der Waals surface area contributed by atoms with Crippen LogP contribution < -0.4 is 5.32 Å². The van der Waals surface area contributed by atoms with Crippen molar-refractivity contribution in [2.75, 3.05) is 26.2 Å². The standard InChI is InChI=1S/C19H26N2.2ClH/c1-19(2,3)18(21-13-11-20-12-14-21)17-10-6-8-15-7-4-5-9-16(15)17;;/h4-10,18,20H,11-14H2,1-3H3;2*1H/t18-;;/m1../s1. The second kappa shape index (κ2) is 8.34. The molecular formula is C19H28Cl2N2. The fraction of sp³-hybridized carbons (Fsp3) is 0.474. The first-order valence-corrected chi connectivity index (χ1v) is 8.00. The molecular weight excluding hydrogens is 327 g/mol. The third-order valence-corrected chi connectivity index (χ3v) is 4.45. The summed E-state index contributed by atoms with van der Waals surface area (Å²) in [7, 11) is 0. The van der Waals surface area contributed by atoms with Gasteiger partial charge in [-0.2, -0.15) is 0 Å². The van der Waals surface area contributed by atoms with Crippen molar-refractivity contribution in [2.45, 2.75) is 26.8 Å². The summed E-state index contributed by atoms with van der Waals surface area (Å²) in [6, 6.07) is 16.0. The number of fused-ring (bicyclic) bond motifs is 1. The molecule has 4 heteroatoms. The fourth-order valence-electron chi connectivity index (χ4n) is 3.64. The number of halogens is 2. The Labute approximate surface area is 152 Å². The van der Waals surface area contributed by atoms with E-state index in [0.29, 0.717) is 6.04 Å². The number of nitrogens with zero attached hydrogens (tertiary/aromatic N) is 1. The van der Waals surface area contributed by atoms with Gasteiger partial charge in [-0.3, -0.25) is 4.90 Å². The maximum Gasteiger partial charge on any atom is 0.0403 e. The monoisotopic (exact) mass is 354 g/mol. The lowest BCUT2D eigenvalue weighted by molar-refractivity contribution is 0.0872. The molecule has 1 aliphatic rings. The van der Waals surface area contributed by atoms with Crippen LogP contribution in [0.1, 0.15) is 32.4 Å². The van der Waals surface area contributed by atoms with Gasteiger partial charge in [0, 0.05) is 32.2 Å². The molecule has 1 fully saturated rings. The van der Waals surface area contributed by atoms with Gasteiger partial charge >= 0.3 is 0 Å². The minimum atomic E-state index is 0. The summed E-state index contributed by atoms with van der Waals surface area (Å²) in [5.41, 5.74) is 1.70. The van der Waals surface area contributed by atoms with Crippen LogP contribution in [0.2, 0.25) is 0 Å². The normalized spacial score (nSPS) is 17.2. The molecule has 1 N–H and O–H groups in total. The molecule has 0 unspecified atom stereocenters. The summed E-state index contributed by atoms with van der Waals surface area (Å²) in [5.74, 6) is 0. The van der Waals surface area contributed by atoms with E-state index in [-0.39, 0.29) is 30.2 Å². The number of piperazine rings is 1. The maximum atomic E-state index is 3.47. The molecule has 0 aromatic heterocycles. The Bertz CT molecular complexity index is 611. The van der Waals surface area contributed by atoms with Crippen molar-refractivity contribution in [1.29, 1.82) is 0 Å². The number of hydrogen-bond donors (Lipinski definition) is 1. The molecule has 1 saturated heterocycles. The summed E-state index contributed by atoms with van der Waals surface area (Å²) in [6.45, 7) is 11.5. The van der Waals surface area contributed by atoms with Crippen LogP contribution in [0.25, 0.3) is 10.8 Å². The average molecular weight is 355 g/mol. The van der Waals surface area contributed by atoms with Crippen LogP contribution in [-0.2, 0) is 0 Å². The van der Waals surface area contributed by atoms with Crippen LogP contribution in [-0.4, -0.2) is 31.1 Å². The van der Waals surface area contributed by atoms with Crippen molar-refractivity contribution in [1.82, 2.24) is 10.2 Å². The zero-order valence-corrected chi connectivity index (χ0v) is 15.8. The lowest BCUT2D eigenvalue weighted by atomic mass is 9.79. The lowest BCUT2D eigenvalue weighted by Gasteiger charge is -2.43. The first-order chi connectivity index (χ1) is 10.1. The highest BCUT2D eigenvalue weighted by molar-refractivity contribution is 5.86. The Kier molecular flexibility index (Phi) is 7.34. The third kappa shape index (κ3) is 4.39. The van der Waals surface area contributed by atoms with Crippen molar-refractivity contribution in [3.63, 3.8) is 0 Å². The van der Waals surface area contributed by atoms with Crippen LogP contribution in [0.5, 0.6) is 0 Å². The van der Waals surface area contributed by atoms with Gasteiger partial charge in [-0.05, 0) is 21.8 Å². The molecule has 0 bridgehead atoms.